The fourth-order valence-corrected chi connectivity index (χ4v) is 4.57. The van der Waals surface area contributed by atoms with Gasteiger partial charge in [0.1, 0.15) is 0 Å². The van der Waals surface area contributed by atoms with Gasteiger partial charge < -0.3 is 16.0 Å². The van der Waals surface area contributed by atoms with Crippen LogP contribution in [-0.4, -0.2) is 52.0 Å². The minimum absolute atomic E-state index is 0.0654. The van der Waals surface area contributed by atoms with Gasteiger partial charge in [0.2, 0.25) is 5.91 Å². The molecule has 11 heteroatoms. The summed E-state index contributed by atoms with van der Waals surface area (Å²) in [5, 5.41) is 15.4. The third-order valence-corrected chi connectivity index (χ3v) is 6.32. The molecule has 3 amide bonds. The van der Waals surface area contributed by atoms with Crippen molar-refractivity contribution in [3.05, 3.63) is 88.2 Å². The molecule has 1 aliphatic heterocycles. The molecule has 4 N–H and O–H groups in total. The van der Waals surface area contributed by atoms with E-state index in [0.29, 0.717) is 18.8 Å². The topological polar surface area (TPSA) is 119 Å². The second kappa shape index (κ2) is 11.4. The molecule has 9 nitrogen and oxygen atoms in total. The van der Waals surface area contributed by atoms with Crippen molar-refractivity contribution in [2.45, 2.75) is 19.0 Å². The number of carbonyl (C=O) groups is 3. The molecule has 1 aromatic heterocycles. The number of halogens is 2. The molecule has 2 aromatic carbocycles. The Hall–Kier alpha value is -3.66. The van der Waals surface area contributed by atoms with E-state index in [1.54, 1.807) is 18.2 Å². The number of aromatic amines is 1. The number of anilines is 2. The quantitative estimate of drug-likeness (QED) is 0.329. The zero-order valence-electron chi connectivity index (χ0n) is 19.2. The highest BCUT2D eigenvalue weighted by molar-refractivity contribution is 6.40. The van der Waals surface area contributed by atoms with E-state index in [1.807, 2.05) is 24.3 Å². The molecule has 4 rings (SSSR count). The van der Waals surface area contributed by atoms with Crippen molar-refractivity contribution in [1.82, 2.24) is 20.4 Å². The summed E-state index contributed by atoms with van der Waals surface area (Å²) in [6.45, 7) is 5.58. The van der Waals surface area contributed by atoms with Gasteiger partial charge in [-0.3, -0.25) is 24.4 Å². The van der Waals surface area contributed by atoms with Crippen LogP contribution in [0.2, 0.25) is 10.0 Å². The predicted molar refractivity (Wildman–Crippen MR) is 139 cm³/mol. The largest absolute Gasteiger partial charge is 0.347 e. The van der Waals surface area contributed by atoms with Crippen molar-refractivity contribution in [1.29, 1.82) is 0 Å². The monoisotopic (exact) mass is 526 g/mol. The first-order valence-electron chi connectivity index (χ1n) is 11.2. The summed E-state index contributed by atoms with van der Waals surface area (Å²) in [7, 11) is 0. The number of nitrogens with one attached hydrogen (secondary N) is 4. The highest BCUT2D eigenvalue weighted by atomic mass is 35.5. The van der Waals surface area contributed by atoms with E-state index in [1.165, 1.54) is 12.3 Å². The lowest BCUT2D eigenvalue weighted by atomic mass is 10.2. The van der Waals surface area contributed by atoms with Gasteiger partial charge in [-0.05, 0) is 42.3 Å². The molecule has 0 saturated carbocycles. The minimum Gasteiger partial charge on any atom is -0.347 e. The Labute approximate surface area is 217 Å². The number of carbonyl (C=O) groups excluding carboxylic acids is 3. The Balaban J connectivity index is 1.34. The van der Waals surface area contributed by atoms with Gasteiger partial charge in [-0.15, -0.1) is 0 Å². The second-order valence-electron chi connectivity index (χ2n) is 8.29. The Morgan fingerprint density at radius 2 is 1.86 bits per heavy atom. The fraction of sp³-hybridized carbons (Fsp3) is 0.200. The van der Waals surface area contributed by atoms with Crippen molar-refractivity contribution < 1.29 is 14.4 Å². The number of aromatic nitrogens is 2. The molecule has 0 spiro atoms. The lowest BCUT2D eigenvalue weighted by Crippen LogP contribution is -2.37. The van der Waals surface area contributed by atoms with Crippen LogP contribution in [0.25, 0.3) is 0 Å². The molecular weight excluding hydrogens is 503 g/mol. The summed E-state index contributed by atoms with van der Waals surface area (Å²) in [5.41, 5.74) is 2.15. The van der Waals surface area contributed by atoms with Crippen molar-refractivity contribution in [2.24, 2.45) is 0 Å². The molecule has 186 valence electrons. The van der Waals surface area contributed by atoms with E-state index in [-0.39, 0.29) is 38.9 Å². The standard InChI is InChI=1S/C25H24Cl2N6O3/c1-2-21(34)29-16-6-3-5-15(11-16)13-33-10-9-17(14-33)30-25(36)23-20(12-28-32-23)31-24(35)22-18(26)7-4-8-19(22)27/h2-8,11-12,17H,1,9-10,13-14H2,(H,28,32)(H,29,34)(H,30,36)(H,31,35)/t17-/m1/s1. The van der Waals surface area contributed by atoms with Gasteiger partial charge in [0, 0.05) is 37.6 Å². The minimum atomic E-state index is -0.542. The third kappa shape index (κ3) is 6.12. The van der Waals surface area contributed by atoms with E-state index >= 15 is 0 Å². The van der Waals surface area contributed by atoms with Crippen LogP contribution in [0.4, 0.5) is 11.4 Å². The Bertz CT molecular complexity index is 1290. The molecule has 36 heavy (non-hydrogen) atoms. The summed E-state index contributed by atoms with van der Waals surface area (Å²) < 4.78 is 0. The van der Waals surface area contributed by atoms with Crippen LogP contribution in [0.1, 0.15) is 32.8 Å². The summed E-state index contributed by atoms with van der Waals surface area (Å²) in [6, 6.07) is 12.3. The SMILES string of the molecule is C=CC(=O)Nc1cccc(CN2CC[C@@H](NC(=O)c3n[nH]cc3NC(=O)c3c(Cl)cccc3Cl)C2)c1. The maximum absolute atomic E-state index is 12.9. The Kier molecular flexibility index (Phi) is 8.04. The smallest absolute Gasteiger partial charge is 0.274 e. The summed E-state index contributed by atoms with van der Waals surface area (Å²) in [4.78, 5) is 39.4. The van der Waals surface area contributed by atoms with E-state index in [0.717, 1.165) is 18.5 Å². The Morgan fingerprint density at radius 1 is 1.11 bits per heavy atom. The zero-order chi connectivity index (χ0) is 25.7. The van der Waals surface area contributed by atoms with E-state index in [9.17, 15) is 14.4 Å². The number of benzene rings is 2. The number of hydrogen-bond acceptors (Lipinski definition) is 5. The predicted octanol–water partition coefficient (Wildman–Crippen LogP) is 4.10. The summed E-state index contributed by atoms with van der Waals surface area (Å²) >= 11 is 12.2. The van der Waals surface area contributed by atoms with E-state index in [4.69, 9.17) is 23.2 Å². The first kappa shape index (κ1) is 25.4. The molecule has 3 aromatic rings. The lowest BCUT2D eigenvalue weighted by Gasteiger charge is -2.17. The molecule has 1 saturated heterocycles. The molecule has 0 unspecified atom stereocenters. The number of likely N-dealkylation sites (tertiary alicyclic amines) is 1. The van der Waals surface area contributed by atoms with Crippen LogP contribution < -0.4 is 16.0 Å². The number of nitrogens with zero attached hydrogens (tertiary/aromatic N) is 2. The first-order chi connectivity index (χ1) is 17.3. The van der Waals surface area contributed by atoms with Crippen LogP contribution in [0.15, 0.2) is 61.3 Å². The molecule has 0 bridgehead atoms. The van der Waals surface area contributed by atoms with Crippen molar-refractivity contribution >= 4 is 52.3 Å². The van der Waals surface area contributed by atoms with Crippen molar-refractivity contribution in [3.8, 4) is 0 Å². The van der Waals surface area contributed by atoms with Crippen molar-refractivity contribution in [3.63, 3.8) is 0 Å². The number of rotatable bonds is 8. The van der Waals surface area contributed by atoms with Crippen molar-refractivity contribution in [2.75, 3.05) is 23.7 Å². The first-order valence-corrected chi connectivity index (χ1v) is 11.9. The third-order valence-electron chi connectivity index (χ3n) is 5.69. The number of hydrogen-bond donors (Lipinski definition) is 4. The number of H-pyrrole nitrogens is 1. The maximum Gasteiger partial charge on any atom is 0.274 e. The highest BCUT2D eigenvalue weighted by Gasteiger charge is 2.27. The average Bonchev–Trinajstić information content (AvgIpc) is 3.48. The van der Waals surface area contributed by atoms with Gasteiger partial charge in [0.15, 0.2) is 5.69 Å². The van der Waals surface area contributed by atoms with Crippen LogP contribution in [0, 0.1) is 0 Å². The second-order valence-corrected chi connectivity index (χ2v) is 9.10. The fourth-order valence-electron chi connectivity index (χ4n) is 4.00. The molecule has 2 heterocycles. The molecule has 0 aliphatic carbocycles. The van der Waals surface area contributed by atoms with Gasteiger partial charge in [-0.2, -0.15) is 5.10 Å². The maximum atomic E-state index is 12.9. The van der Waals surface area contributed by atoms with E-state index in [2.05, 4.69) is 37.6 Å². The lowest BCUT2D eigenvalue weighted by molar-refractivity contribution is -0.111. The molecular formula is C25H24Cl2N6O3. The highest BCUT2D eigenvalue weighted by Crippen LogP contribution is 2.26. The molecule has 1 fully saturated rings. The van der Waals surface area contributed by atoms with Crippen LogP contribution in [-0.2, 0) is 11.3 Å². The van der Waals surface area contributed by atoms with E-state index < -0.39 is 11.8 Å². The van der Waals surface area contributed by atoms with Gasteiger partial charge in [-0.1, -0.05) is 48.0 Å². The van der Waals surface area contributed by atoms with Gasteiger partial charge in [-0.25, -0.2) is 0 Å². The van der Waals surface area contributed by atoms with Gasteiger partial charge in [0.05, 0.1) is 21.3 Å². The molecule has 1 atom stereocenters. The summed E-state index contributed by atoms with van der Waals surface area (Å²) in [5.74, 6) is -1.21. The van der Waals surface area contributed by atoms with Gasteiger partial charge >= 0.3 is 0 Å². The molecule has 1 aliphatic rings. The molecule has 0 radical (unpaired) electrons. The van der Waals surface area contributed by atoms with Crippen LogP contribution >= 0.6 is 23.2 Å². The van der Waals surface area contributed by atoms with Crippen LogP contribution in [0.3, 0.4) is 0 Å². The average molecular weight is 527 g/mol. The number of amides is 3. The van der Waals surface area contributed by atoms with Crippen LogP contribution in [0.5, 0.6) is 0 Å². The Morgan fingerprint density at radius 3 is 2.61 bits per heavy atom. The van der Waals surface area contributed by atoms with Gasteiger partial charge in [0.25, 0.3) is 11.8 Å². The zero-order valence-corrected chi connectivity index (χ0v) is 20.7. The summed E-state index contributed by atoms with van der Waals surface area (Å²) in [6.07, 6.45) is 3.42. The normalized spacial score (nSPS) is 15.3.